The maximum atomic E-state index is 14.5. The van der Waals surface area contributed by atoms with E-state index in [1.54, 1.807) is 4.90 Å². The molecule has 1 aliphatic heterocycles. The zero-order chi connectivity index (χ0) is 13.9. The normalized spacial score (nSPS) is 21.9. The molecule has 2 fully saturated rings. The summed E-state index contributed by atoms with van der Waals surface area (Å²) in [7, 11) is 0. The first-order chi connectivity index (χ1) is 9.05. The smallest absolute Gasteiger partial charge is 0.317 e. The molecule has 5 nitrogen and oxygen atoms in total. The van der Waals surface area contributed by atoms with Crippen LogP contribution in [0.2, 0.25) is 0 Å². The number of nitrogens with zero attached hydrogens (tertiary/aromatic N) is 1. The molecule has 2 N–H and O–H groups in total. The number of hydrogen-bond acceptors (Lipinski definition) is 2. The monoisotopic (exact) mass is 271 g/mol. The number of alkyl halides is 1. The molecule has 19 heavy (non-hydrogen) atoms. The molecule has 0 aromatic carbocycles. The third-order valence-corrected chi connectivity index (χ3v) is 3.69. The van der Waals surface area contributed by atoms with E-state index in [4.69, 9.17) is 0 Å². The van der Waals surface area contributed by atoms with Crippen molar-refractivity contribution in [3.63, 3.8) is 0 Å². The Balaban J connectivity index is 1.79. The summed E-state index contributed by atoms with van der Waals surface area (Å²) in [6.45, 7) is 3.19. The molecule has 1 saturated carbocycles. The first-order valence-corrected chi connectivity index (χ1v) is 7.08. The van der Waals surface area contributed by atoms with E-state index in [0.29, 0.717) is 19.6 Å². The predicted molar refractivity (Wildman–Crippen MR) is 69.5 cm³/mol. The predicted octanol–water partition coefficient (Wildman–Crippen LogP) is 1.19. The van der Waals surface area contributed by atoms with Crippen LogP contribution in [0.1, 0.15) is 39.0 Å². The molecule has 1 saturated heterocycles. The summed E-state index contributed by atoms with van der Waals surface area (Å²) >= 11 is 0. The van der Waals surface area contributed by atoms with Gasteiger partial charge in [0.25, 0.3) is 5.91 Å². The molecular formula is C13H22FN3O2. The molecule has 1 aliphatic carbocycles. The van der Waals surface area contributed by atoms with Crippen molar-refractivity contribution in [1.82, 2.24) is 15.5 Å². The number of rotatable bonds is 4. The summed E-state index contributed by atoms with van der Waals surface area (Å²) in [6, 6.07) is 0.0116. The van der Waals surface area contributed by atoms with E-state index in [-0.39, 0.29) is 24.9 Å². The lowest BCUT2D eigenvalue weighted by molar-refractivity contribution is -0.135. The number of urea groups is 1. The number of carbonyl (C=O) groups excluding carboxylic acids is 2. The van der Waals surface area contributed by atoms with Gasteiger partial charge in [0.15, 0.2) is 5.67 Å². The number of halogens is 1. The lowest BCUT2D eigenvalue weighted by Gasteiger charge is -2.35. The first-order valence-electron chi connectivity index (χ1n) is 7.08. The number of hydrogen-bond donors (Lipinski definition) is 2. The lowest BCUT2D eigenvalue weighted by atomic mass is 9.92. The van der Waals surface area contributed by atoms with Crippen molar-refractivity contribution in [3.8, 4) is 0 Å². The molecule has 0 aromatic heterocycles. The number of amides is 3. The molecule has 0 aromatic rings. The molecule has 0 atom stereocenters. The minimum absolute atomic E-state index is 0.0884. The Hall–Kier alpha value is -1.33. The summed E-state index contributed by atoms with van der Waals surface area (Å²) in [5.41, 5.74) is -1.80. The fourth-order valence-electron chi connectivity index (χ4n) is 2.18. The fraction of sp³-hybridized carbons (Fsp3) is 0.846. The largest absolute Gasteiger partial charge is 0.351 e. The number of likely N-dealkylation sites (tertiary alicyclic amines) is 1. The number of piperidine rings is 1. The van der Waals surface area contributed by atoms with Crippen LogP contribution in [0.3, 0.4) is 0 Å². The van der Waals surface area contributed by atoms with Gasteiger partial charge in [0.2, 0.25) is 0 Å². The van der Waals surface area contributed by atoms with Crippen molar-refractivity contribution in [2.45, 2.75) is 50.7 Å². The lowest BCUT2D eigenvalue weighted by Crippen LogP contribution is -2.54. The average Bonchev–Trinajstić information content (AvgIpc) is 3.20. The number of nitrogens with one attached hydrogen (secondary N) is 2. The van der Waals surface area contributed by atoms with Gasteiger partial charge in [-0.2, -0.15) is 0 Å². The van der Waals surface area contributed by atoms with Crippen LogP contribution >= 0.6 is 0 Å². The Morgan fingerprint density at radius 3 is 2.47 bits per heavy atom. The van der Waals surface area contributed by atoms with E-state index in [1.807, 2.05) is 6.92 Å². The average molecular weight is 271 g/mol. The maximum Gasteiger partial charge on any atom is 0.317 e. The third-order valence-electron chi connectivity index (χ3n) is 3.69. The summed E-state index contributed by atoms with van der Waals surface area (Å²) in [5, 5.41) is 5.47. The summed E-state index contributed by atoms with van der Waals surface area (Å²) in [4.78, 5) is 25.1. The Kier molecular flexibility index (Phi) is 4.27. The van der Waals surface area contributed by atoms with E-state index in [0.717, 1.165) is 19.3 Å². The van der Waals surface area contributed by atoms with Gasteiger partial charge in [-0.1, -0.05) is 6.92 Å². The molecule has 0 unspecified atom stereocenters. The van der Waals surface area contributed by atoms with Crippen molar-refractivity contribution in [1.29, 1.82) is 0 Å². The molecule has 2 rings (SSSR count). The van der Waals surface area contributed by atoms with Crippen LogP contribution in [0.4, 0.5) is 9.18 Å². The van der Waals surface area contributed by atoms with Crippen molar-refractivity contribution >= 4 is 11.9 Å². The zero-order valence-electron chi connectivity index (χ0n) is 11.4. The van der Waals surface area contributed by atoms with Crippen LogP contribution in [0.5, 0.6) is 0 Å². The molecule has 108 valence electrons. The topological polar surface area (TPSA) is 61.4 Å². The second-order valence-corrected chi connectivity index (χ2v) is 5.43. The van der Waals surface area contributed by atoms with Gasteiger partial charge in [-0.05, 0) is 19.3 Å². The Bertz CT molecular complexity index is 350. The molecule has 0 bridgehead atoms. The van der Waals surface area contributed by atoms with E-state index in [9.17, 15) is 14.0 Å². The fourth-order valence-corrected chi connectivity index (χ4v) is 2.18. The van der Waals surface area contributed by atoms with Crippen LogP contribution in [0, 0.1) is 0 Å². The molecule has 0 radical (unpaired) electrons. The van der Waals surface area contributed by atoms with Crippen LogP contribution in [0.15, 0.2) is 0 Å². The Morgan fingerprint density at radius 1 is 1.32 bits per heavy atom. The van der Waals surface area contributed by atoms with Crippen LogP contribution in [-0.2, 0) is 4.79 Å². The van der Waals surface area contributed by atoms with E-state index >= 15 is 0 Å². The number of carbonyl (C=O) groups is 2. The Morgan fingerprint density at radius 2 is 1.95 bits per heavy atom. The highest BCUT2D eigenvalue weighted by atomic mass is 19.1. The minimum Gasteiger partial charge on any atom is -0.351 e. The molecule has 3 amide bonds. The van der Waals surface area contributed by atoms with Crippen molar-refractivity contribution < 1.29 is 14.0 Å². The van der Waals surface area contributed by atoms with Crippen LogP contribution in [0.25, 0.3) is 0 Å². The van der Waals surface area contributed by atoms with E-state index in [2.05, 4.69) is 10.6 Å². The third kappa shape index (κ3) is 3.58. The highest BCUT2D eigenvalue weighted by Gasteiger charge is 2.44. The quantitative estimate of drug-likeness (QED) is 0.807. The standard InChI is InChI=1S/C13H22FN3O2/c1-2-7-15-12(19)17-8-5-13(14,6-9-17)11(18)16-10-3-4-10/h10H,2-9H2,1H3,(H,15,19)(H,16,18). The van der Waals surface area contributed by atoms with Gasteiger partial charge >= 0.3 is 6.03 Å². The SMILES string of the molecule is CCCNC(=O)N1CCC(F)(C(=O)NC2CC2)CC1. The second-order valence-electron chi connectivity index (χ2n) is 5.43. The van der Waals surface area contributed by atoms with E-state index in [1.165, 1.54) is 0 Å². The van der Waals surface area contributed by atoms with Gasteiger partial charge in [-0.15, -0.1) is 0 Å². The molecule has 6 heteroatoms. The van der Waals surface area contributed by atoms with E-state index < -0.39 is 11.6 Å². The van der Waals surface area contributed by atoms with Crippen LogP contribution in [-0.4, -0.2) is 48.2 Å². The minimum atomic E-state index is -1.80. The second kappa shape index (κ2) is 5.75. The van der Waals surface area contributed by atoms with Gasteiger partial charge in [0.1, 0.15) is 0 Å². The highest BCUT2D eigenvalue weighted by molar-refractivity contribution is 5.86. The summed E-state index contributed by atoms with van der Waals surface area (Å²) < 4.78 is 14.5. The highest BCUT2D eigenvalue weighted by Crippen LogP contribution is 2.29. The Labute approximate surface area is 112 Å². The zero-order valence-corrected chi connectivity index (χ0v) is 11.4. The molecule has 1 heterocycles. The first kappa shape index (κ1) is 14.1. The van der Waals surface area contributed by atoms with Gasteiger partial charge in [0, 0.05) is 38.5 Å². The van der Waals surface area contributed by atoms with Gasteiger partial charge in [-0.25, -0.2) is 9.18 Å². The maximum absolute atomic E-state index is 14.5. The van der Waals surface area contributed by atoms with Gasteiger partial charge in [0.05, 0.1) is 0 Å². The molecule has 0 spiro atoms. The van der Waals surface area contributed by atoms with Crippen molar-refractivity contribution in [3.05, 3.63) is 0 Å². The van der Waals surface area contributed by atoms with Crippen molar-refractivity contribution in [2.75, 3.05) is 19.6 Å². The van der Waals surface area contributed by atoms with Gasteiger partial charge < -0.3 is 15.5 Å². The summed E-state index contributed by atoms with van der Waals surface area (Å²) in [6.07, 6.45) is 2.95. The molecular weight excluding hydrogens is 249 g/mol. The molecule has 2 aliphatic rings. The van der Waals surface area contributed by atoms with Gasteiger partial charge in [-0.3, -0.25) is 4.79 Å². The van der Waals surface area contributed by atoms with Crippen molar-refractivity contribution in [2.24, 2.45) is 0 Å². The van der Waals surface area contributed by atoms with Crippen LogP contribution < -0.4 is 10.6 Å². The summed E-state index contributed by atoms with van der Waals surface area (Å²) in [5.74, 6) is -0.497.